The van der Waals surface area contributed by atoms with E-state index in [-0.39, 0.29) is 0 Å². The van der Waals surface area contributed by atoms with Crippen LogP contribution in [0.5, 0.6) is 0 Å². The second-order valence-corrected chi connectivity index (χ2v) is 4.91. The molecule has 2 aliphatic rings. The summed E-state index contributed by atoms with van der Waals surface area (Å²) in [6.45, 7) is 5.94. The van der Waals surface area contributed by atoms with Crippen LogP contribution in [0.4, 0.5) is 0 Å². The van der Waals surface area contributed by atoms with Gasteiger partial charge in [-0.2, -0.15) is 0 Å². The van der Waals surface area contributed by atoms with Crippen LogP contribution in [0.25, 0.3) is 0 Å². The summed E-state index contributed by atoms with van der Waals surface area (Å²) in [5, 5.41) is 7.19. The van der Waals surface area contributed by atoms with Gasteiger partial charge in [-0.1, -0.05) is 0 Å². The van der Waals surface area contributed by atoms with Crippen molar-refractivity contribution in [2.75, 3.05) is 26.7 Å². The summed E-state index contributed by atoms with van der Waals surface area (Å²) in [7, 11) is 2.23. The molecule has 2 aliphatic heterocycles. The molecule has 0 amide bonds. The van der Waals surface area contributed by atoms with E-state index in [1.165, 1.54) is 38.9 Å². The first kappa shape index (κ1) is 10.4. The van der Waals surface area contributed by atoms with Gasteiger partial charge >= 0.3 is 0 Å². The van der Waals surface area contributed by atoms with Crippen molar-refractivity contribution >= 4 is 0 Å². The minimum absolute atomic E-state index is 0.732. The zero-order chi connectivity index (χ0) is 9.97. The molecule has 14 heavy (non-hydrogen) atoms. The zero-order valence-electron chi connectivity index (χ0n) is 9.42. The summed E-state index contributed by atoms with van der Waals surface area (Å²) in [6.07, 6.45) is 3.94. The first-order chi connectivity index (χ1) is 6.75. The Morgan fingerprint density at radius 3 is 2.79 bits per heavy atom. The minimum Gasteiger partial charge on any atom is -0.315 e. The topological polar surface area (TPSA) is 27.3 Å². The summed E-state index contributed by atoms with van der Waals surface area (Å²) in [5.74, 6) is 0. The van der Waals surface area contributed by atoms with Crippen LogP contribution in [-0.4, -0.2) is 49.7 Å². The van der Waals surface area contributed by atoms with E-state index in [4.69, 9.17) is 0 Å². The maximum absolute atomic E-state index is 3.78. The predicted octanol–water partition coefficient (Wildman–Crippen LogP) is 0.421. The third kappa shape index (κ3) is 2.47. The van der Waals surface area contributed by atoms with Crippen molar-refractivity contribution in [1.82, 2.24) is 15.5 Å². The molecule has 82 valence electrons. The lowest BCUT2D eigenvalue weighted by molar-refractivity contribution is 0.163. The van der Waals surface area contributed by atoms with Crippen LogP contribution in [0.1, 0.15) is 26.2 Å². The molecule has 2 heterocycles. The molecule has 0 saturated carbocycles. The van der Waals surface area contributed by atoms with E-state index in [0.717, 1.165) is 18.1 Å². The smallest absolute Gasteiger partial charge is 0.0207 e. The van der Waals surface area contributed by atoms with E-state index >= 15 is 0 Å². The molecular formula is C11H23N3. The number of nitrogens with zero attached hydrogens (tertiary/aromatic N) is 1. The Balaban J connectivity index is 1.75. The van der Waals surface area contributed by atoms with Gasteiger partial charge in [0.2, 0.25) is 0 Å². The lowest BCUT2D eigenvalue weighted by Gasteiger charge is -2.36. The predicted molar refractivity (Wildman–Crippen MR) is 59.5 cm³/mol. The van der Waals surface area contributed by atoms with Crippen molar-refractivity contribution in [3.8, 4) is 0 Å². The van der Waals surface area contributed by atoms with Gasteiger partial charge in [-0.25, -0.2) is 0 Å². The van der Waals surface area contributed by atoms with Gasteiger partial charge in [0.05, 0.1) is 0 Å². The molecule has 0 aliphatic carbocycles. The Hall–Kier alpha value is -0.120. The molecule has 0 bridgehead atoms. The van der Waals surface area contributed by atoms with Crippen molar-refractivity contribution in [3.05, 3.63) is 0 Å². The third-order valence-corrected chi connectivity index (χ3v) is 3.74. The number of hydrogen-bond donors (Lipinski definition) is 2. The highest BCUT2D eigenvalue weighted by Crippen LogP contribution is 2.16. The third-order valence-electron chi connectivity index (χ3n) is 3.74. The summed E-state index contributed by atoms with van der Waals surface area (Å²) < 4.78 is 0. The molecule has 3 atom stereocenters. The largest absolute Gasteiger partial charge is 0.315 e. The maximum atomic E-state index is 3.78. The van der Waals surface area contributed by atoms with Crippen LogP contribution in [0.3, 0.4) is 0 Å². The van der Waals surface area contributed by atoms with Crippen LogP contribution in [0, 0.1) is 0 Å². The highest BCUT2D eigenvalue weighted by Gasteiger charge is 2.25. The molecule has 2 N–H and O–H groups in total. The number of rotatable bonds is 2. The molecule has 0 radical (unpaired) electrons. The second kappa shape index (κ2) is 4.60. The van der Waals surface area contributed by atoms with E-state index in [1.54, 1.807) is 0 Å². The summed E-state index contributed by atoms with van der Waals surface area (Å²) in [5.41, 5.74) is 0. The van der Waals surface area contributed by atoms with Gasteiger partial charge in [-0.3, -0.25) is 0 Å². The maximum Gasteiger partial charge on any atom is 0.0207 e. The zero-order valence-corrected chi connectivity index (χ0v) is 9.42. The first-order valence-electron chi connectivity index (χ1n) is 5.92. The molecule has 3 nitrogen and oxygen atoms in total. The lowest BCUT2D eigenvalue weighted by Crippen LogP contribution is -2.49. The number of hydrogen-bond acceptors (Lipinski definition) is 3. The van der Waals surface area contributed by atoms with Crippen molar-refractivity contribution in [3.63, 3.8) is 0 Å². The van der Waals surface area contributed by atoms with Gasteiger partial charge in [0, 0.05) is 24.7 Å². The van der Waals surface area contributed by atoms with E-state index in [2.05, 4.69) is 29.5 Å². The van der Waals surface area contributed by atoms with E-state index in [9.17, 15) is 0 Å². The summed E-state index contributed by atoms with van der Waals surface area (Å²) >= 11 is 0. The first-order valence-corrected chi connectivity index (χ1v) is 5.92. The van der Waals surface area contributed by atoms with Crippen molar-refractivity contribution < 1.29 is 0 Å². The van der Waals surface area contributed by atoms with Gasteiger partial charge in [0.25, 0.3) is 0 Å². The molecule has 0 aromatic heterocycles. The SMILES string of the molecule is CC1CC(NC2CCNC2)CCN1C. The van der Waals surface area contributed by atoms with E-state index in [1.807, 2.05) is 0 Å². The molecule has 2 rings (SSSR count). The quantitative estimate of drug-likeness (QED) is 0.672. The van der Waals surface area contributed by atoms with Crippen molar-refractivity contribution in [1.29, 1.82) is 0 Å². The van der Waals surface area contributed by atoms with Crippen LogP contribution in [0.2, 0.25) is 0 Å². The highest BCUT2D eigenvalue weighted by molar-refractivity contribution is 4.86. The molecule has 0 aromatic carbocycles. The molecule has 0 aromatic rings. The van der Waals surface area contributed by atoms with Gasteiger partial charge in [-0.15, -0.1) is 0 Å². The van der Waals surface area contributed by atoms with Crippen LogP contribution in [-0.2, 0) is 0 Å². The number of piperidine rings is 1. The average Bonchev–Trinajstić information content (AvgIpc) is 2.64. The Labute approximate surface area is 87.2 Å². The standard InChI is InChI=1S/C11H23N3/c1-9-7-10(4-6-14(9)2)13-11-3-5-12-8-11/h9-13H,3-8H2,1-2H3. The molecule has 0 spiro atoms. The molecule has 2 saturated heterocycles. The van der Waals surface area contributed by atoms with E-state index < -0.39 is 0 Å². The lowest BCUT2D eigenvalue weighted by atomic mass is 9.98. The van der Waals surface area contributed by atoms with Crippen LogP contribution >= 0.6 is 0 Å². The molecule has 2 fully saturated rings. The summed E-state index contributed by atoms with van der Waals surface area (Å²) in [4.78, 5) is 2.46. The Bertz CT molecular complexity index is 177. The number of likely N-dealkylation sites (tertiary alicyclic amines) is 1. The minimum atomic E-state index is 0.732. The van der Waals surface area contributed by atoms with Gasteiger partial charge in [-0.05, 0) is 46.3 Å². The Morgan fingerprint density at radius 1 is 1.29 bits per heavy atom. The fourth-order valence-corrected chi connectivity index (χ4v) is 2.57. The van der Waals surface area contributed by atoms with Crippen LogP contribution < -0.4 is 10.6 Å². The fraction of sp³-hybridized carbons (Fsp3) is 1.00. The van der Waals surface area contributed by atoms with Crippen molar-refractivity contribution in [2.45, 2.75) is 44.3 Å². The molecule has 3 heteroatoms. The fourth-order valence-electron chi connectivity index (χ4n) is 2.57. The van der Waals surface area contributed by atoms with Gasteiger partial charge in [0.15, 0.2) is 0 Å². The Kier molecular flexibility index (Phi) is 3.42. The summed E-state index contributed by atoms with van der Waals surface area (Å²) in [6, 6.07) is 2.23. The second-order valence-electron chi connectivity index (χ2n) is 4.91. The van der Waals surface area contributed by atoms with Crippen molar-refractivity contribution in [2.24, 2.45) is 0 Å². The number of nitrogens with one attached hydrogen (secondary N) is 2. The van der Waals surface area contributed by atoms with Gasteiger partial charge in [0.1, 0.15) is 0 Å². The normalized spacial score (nSPS) is 40.3. The highest BCUT2D eigenvalue weighted by atomic mass is 15.2. The Morgan fingerprint density at radius 2 is 2.14 bits per heavy atom. The monoisotopic (exact) mass is 197 g/mol. The molecular weight excluding hydrogens is 174 g/mol. The van der Waals surface area contributed by atoms with E-state index in [0.29, 0.717) is 0 Å². The van der Waals surface area contributed by atoms with Crippen LogP contribution in [0.15, 0.2) is 0 Å². The molecule has 3 unspecified atom stereocenters. The van der Waals surface area contributed by atoms with Gasteiger partial charge < -0.3 is 15.5 Å². The average molecular weight is 197 g/mol.